The van der Waals surface area contributed by atoms with Gasteiger partial charge in [-0.1, -0.05) is 19.3 Å². The van der Waals surface area contributed by atoms with E-state index in [2.05, 4.69) is 16.0 Å². The Labute approximate surface area is 153 Å². The van der Waals surface area contributed by atoms with Crippen LogP contribution in [-0.2, 0) is 14.3 Å². The fraction of sp³-hybridized carbons (Fsp3) is 0.882. The fourth-order valence-corrected chi connectivity index (χ4v) is 4.93. The number of carbonyl (C=O) groups is 2. The topological polar surface area (TPSA) is 88.7 Å². The van der Waals surface area contributed by atoms with Crippen LogP contribution in [0.1, 0.15) is 39.0 Å². The normalized spacial score (nSPS) is 32.2. The Balaban J connectivity index is 1.39. The van der Waals surface area contributed by atoms with Gasteiger partial charge in [0.15, 0.2) is 0 Å². The number of hydrogen-bond acceptors (Lipinski definition) is 5. The number of hydrogen-bond donors (Lipinski definition) is 3. The Morgan fingerprint density at radius 1 is 1.04 bits per heavy atom. The molecular weight excluding hydrogens is 342 g/mol. The van der Waals surface area contributed by atoms with Crippen molar-refractivity contribution in [1.29, 1.82) is 0 Å². The molecule has 0 bridgehead atoms. The molecule has 0 aromatic carbocycles. The Morgan fingerprint density at radius 2 is 1.80 bits per heavy atom. The standard InChI is InChI=1S/C17H29N3O4S/c1-11(21)18-7-8-25-14-10-24-15-13(9-23-16(14)15)20-17(22)19-12-5-3-2-4-6-12/h12-16H,2-10H2,1H3,(H,18,21)(H2,19,20,22)/t13-,14-,15+,16+/m0/s1. The van der Waals surface area contributed by atoms with E-state index in [0.717, 1.165) is 18.6 Å². The van der Waals surface area contributed by atoms with Gasteiger partial charge in [-0.15, -0.1) is 0 Å². The molecule has 0 unspecified atom stereocenters. The van der Waals surface area contributed by atoms with E-state index >= 15 is 0 Å². The molecule has 0 aromatic rings. The highest BCUT2D eigenvalue weighted by Crippen LogP contribution is 2.33. The highest BCUT2D eigenvalue weighted by molar-refractivity contribution is 8.00. The first-order valence-electron chi connectivity index (χ1n) is 9.30. The zero-order valence-electron chi connectivity index (χ0n) is 14.8. The van der Waals surface area contributed by atoms with Crippen molar-refractivity contribution in [2.75, 3.05) is 25.5 Å². The first kappa shape index (κ1) is 18.8. The van der Waals surface area contributed by atoms with E-state index in [1.807, 2.05) is 0 Å². The minimum Gasteiger partial charge on any atom is -0.372 e. The molecule has 0 spiro atoms. The highest BCUT2D eigenvalue weighted by atomic mass is 32.2. The number of ether oxygens (including phenoxy) is 2. The van der Waals surface area contributed by atoms with Crippen LogP contribution in [0.15, 0.2) is 0 Å². The monoisotopic (exact) mass is 371 g/mol. The number of urea groups is 1. The number of fused-ring (bicyclic) bond motifs is 1. The molecule has 3 fully saturated rings. The van der Waals surface area contributed by atoms with Gasteiger partial charge in [0.25, 0.3) is 0 Å². The zero-order chi connectivity index (χ0) is 17.6. The van der Waals surface area contributed by atoms with Crippen molar-refractivity contribution in [1.82, 2.24) is 16.0 Å². The van der Waals surface area contributed by atoms with Crippen molar-refractivity contribution in [3.63, 3.8) is 0 Å². The van der Waals surface area contributed by atoms with Crippen molar-refractivity contribution in [3.05, 3.63) is 0 Å². The third-order valence-corrected chi connectivity index (χ3v) is 6.35. The molecule has 0 aromatic heterocycles. The smallest absolute Gasteiger partial charge is 0.315 e. The van der Waals surface area contributed by atoms with Crippen molar-refractivity contribution in [2.24, 2.45) is 0 Å². The van der Waals surface area contributed by atoms with Gasteiger partial charge < -0.3 is 25.4 Å². The average molecular weight is 372 g/mol. The fourth-order valence-electron chi connectivity index (χ4n) is 3.81. The lowest BCUT2D eigenvalue weighted by atomic mass is 9.96. The molecule has 0 radical (unpaired) electrons. The molecule has 1 aliphatic carbocycles. The molecule has 2 heterocycles. The molecule has 8 heteroatoms. The third kappa shape index (κ3) is 5.24. The van der Waals surface area contributed by atoms with E-state index in [-0.39, 0.29) is 35.4 Å². The summed E-state index contributed by atoms with van der Waals surface area (Å²) in [5.41, 5.74) is 0. The van der Waals surface area contributed by atoms with Gasteiger partial charge in [-0.25, -0.2) is 4.79 Å². The Kier molecular flexibility index (Phi) is 6.84. The summed E-state index contributed by atoms with van der Waals surface area (Å²) in [5, 5.41) is 9.17. The summed E-state index contributed by atoms with van der Waals surface area (Å²) in [4.78, 5) is 23.1. The predicted molar refractivity (Wildman–Crippen MR) is 96.7 cm³/mol. The van der Waals surface area contributed by atoms with Gasteiger partial charge in [0, 0.05) is 25.3 Å². The quantitative estimate of drug-likeness (QED) is 0.607. The zero-order valence-corrected chi connectivity index (χ0v) is 15.6. The molecular formula is C17H29N3O4S. The highest BCUT2D eigenvalue weighted by Gasteiger charge is 2.48. The molecule has 1 saturated carbocycles. The predicted octanol–water partition coefficient (Wildman–Crippen LogP) is 1.02. The first-order chi connectivity index (χ1) is 12.1. The summed E-state index contributed by atoms with van der Waals surface area (Å²) in [6, 6.07) is 0.106. The third-order valence-electron chi connectivity index (χ3n) is 5.07. The second-order valence-electron chi connectivity index (χ2n) is 7.05. The van der Waals surface area contributed by atoms with E-state index in [0.29, 0.717) is 25.8 Å². The van der Waals surface area contributed by atoms with Crippen molar-refractivity contribution >= 4 is 23.7 Å². The Morgan fingerprint density at radius 3 is 2.56 bits per heavy atom. The Bertz CT molecular complexity index is 473. The minimum absolute atomic E-state index is 0.00786. The van der Waals surface area contributed by atoms with Gasteiger partial charge in [-0.2, -0.15) is 11.8 Å². The van der Waals surface area contributed by atoms with Crippen LogP contribution in [0.25, 0.3) is 0 Å². The summed E-state index contributed by atoms with van der Waals surface area (Å²) in [6.45, 7) is 3.30. The van der Waals surface area contributed by atoms with Crippen molar-refractivity contribution in [2.45, 2.75) is 68.6 Å². The molecule has 25 heavy (non-hydrogen) atoms. The number of carbonyl (C=O) groups excluding carboxylic acids is 2. The summed E-state index contributed by atoms with van der Waals surface area (Å²) < 4.78 is 11.8. The SMILES string of the molecule is CC(=O)NCCS[C@H]1CO[C@H]2[C@@H]1OC[C@@H]2NC(=O)NC1CCCCC1. The number of nitrogens with one attached hydrogen (secondary N) is 3. The molecule has 4 atom stereocenters. The second-order valence-corrected chi connectivity index (χ2v) is 8.39. The van der Waals surface area contributed by atoms with Gasteiger partial charge in [-0.05, 0) is 12.8 Å². The molecule has 2 saturated heterocycles. The summed E-state index contributed by atoms with van der Waals surface area (Å²) in [5.74, 6) is 0.826. The van der Waals surface area contributed by atoms with Gasteiger partial charge in [0.05, 0.1) is 30.6 Å². The van der Waals surface area contributed by atoms with Crippen LogP contribution in [0.5, 0.6) is 0 Å². The van der Waals surface area contributed by atoms with Crippen molar-refractivity contribution in [3.8, 4) is 0 Å². The van der Waals surface area contributed by atoms with Gasteiger partial charge >= 0.3 is 6.03 Å². The molecule has 3 aliphatic rings. The van der Waals surface area contributed by atoms with E-state index in [1.54, 1.807) is 11.8 Å². The Hall–Kier alpha value is -0.990. The molecule has 142 valence electrons. The second kappa shape index (κ2) is 9.09. The number of thioether (sulfide) groups is 1. The lowest BCUT2D eigenvalue weighted by Crippen LogP contribution is -2.51. The molecule has 7 nitrogen and oxygen atoms in total. The van der Waals surface area contributed by atoms with E-state index < -0.39 is 0 Å². The summed E-state index contributed by atoms with van der Waals surface area (Å²) in [7, 11) is 0. The van der Waals surface area contributed by atoms with Gasteiger partial charge in [0.1, 0.15) is 6.10 Å². The lowest BCUT2D eigenvalue weighted by molar-refractivity contribution is -0.118. The first-order valence-corrected chi connectivity index (χ1v) is 10.3. The van der Waals surface area contributed by atoms with Crippen LogP contribution in [0.4, 0.5) is 4.79 Å². The van der Waals surface area contributed by atoms with Crippen molar-refractivity contribution < 1.29 is 19.1 Å². The summed E-state index contributed by atoms with van der Waals surface area (Å²) in [6.07, 6.45) is 5.76. The van der Waals surface area contributed by atoms with Crippen LogP contribution in [0, 0.1) is 0 Å². The van der Waals surface area contributed by atoms with Crippen LogP contribution in [0.3, 0.4) is 0 Å². The van der Waals surface area contributed by atoms with E-state index in [1.165, 1.54) is 26.2 Å². The van der Waals surface area contributed by atoms with Crippen LogP contribution >= 0.6 is 11.8 Å². The molecule has 3 amide bonds. The lowest BCUT2D eigenvalue weighted by Gasteiger charge is -2.24. The summed E-state index contributed by atoms with van der Waals surface area (Å²) >= 11 is 1.76. The number of amides is 3. The molecule has 3 N–H and O–H groups in total. The molecule has 3 rings (SSSR count). The maximum atomic E-state index is 12.2. The van der Waals surface area contributed by atoms with Crippen LogP contribution in [0.2, 0.25) is 0 Å². The van der Waals surface area contributed by atoms with Gasteiger partial charge in [-0.3, -0.25) is 4.79 Å². The van der Waals surface area contributed by atoms with Gasteiger partial charge in [0.2, 0.25) is 5.91 Å². The largest absolute Gasteiger partial charge is 0.372 e. The average Bonchev–Trinajstić information content (AvgIpc) is 3.16. The van der Waals surface area contributed by atoms with Crippen LogP contribution < -0.4 is 16.0 Å². The molecule has 2 aliphatic heterocycles. The maximum Gasteiger partial charge on any atom is 0.315 e. The van der Waals surface area contributed by atoms with Crippen LogP contribution in [-0.4, -0.2) is 67.0 Å². The van der Waals surface area contributed by atoms with E-state index in [4.69, 9.17) is 9.47 Å². The van der Waals surface area contributed by atoms with E-state index in [9.17, 15) is 9.59 Å². The number of rotatable bonds is 6. The maximum absolute atomic E-state index is 12.2. The minimum atomic E-state index is -0.105.